The molecule has 0 aliphatic heterocycles. The second kappa shape index (κ2) is 12.9. The van der Waals surface area contributed by atoms with E-state index in [2.05, 4.69) is 23.8 Å². The van der Waals surface area contributed by atoms with Crippen molar-refractivity contribution < 1.29 is 4.39 Å². The molecule has 3 rings (SSSR count). The first kappa shape index (κ1) is 23.9. The lowest BCUT2D eigenvalue weighted by atomic mass is 9.76. The van der Waals surface area contributed by atoms with E-state index < -0.39 is 0 Å². The zero-order valence-electron chi connectivity index (χ0n) is 19.7. The monoisotopic (exact) mass is 424 g/mol. The van der Waals surface area contributed by atoms with Crippen LogP contribution in [0.25, 0.3) is 11.4 Å². The molecule has 1 aliphatic carbocycles. The zero-order chi connectivity index (χ0) is 21.9. The first-order valence-corrected chi connectivity index (χ1v) is 12.8. The van der Waals surface area contributed by atoms with Gasteiger partial charge in [0.1, 0.15) is 5.82 Å². The Morgan fingerprint density at radius 1 is 0.839 bits per heavy atom. The average molecular weight is 425 g/mol. The van der Waals surface area contributed by atoms with Gasteiger partial charge in [0.05, 0.1) is 0 Å². The second-order valence-corrected chi connectivity index (χ2v) is 9.53. The van der Waals surface area contributed by atoms with Crippen LogP contribution in [-0.4, -0.2) is 9.97 Å². The second-order valence-electron chi connectivity index (χ2n) is 9.53. The summed E-state index contributed by atoms with van der Waals surface area (Å²) in [5.74, 6) is 1.76. The van der Waals surface area contributed by atoms with Gasteiger partial charge in [-0.2, -0.15) is 0 Å². The minimum atomic E-state index is -0.0869. The molecule has 0 unspecified atom stereocenters. The molecule has 1 aromatic carbocycles. The molecule has 0 saturated heterocycles. The van der Waals surface area contributed by atoms with Crippen LogP contribution < -0.4 is 0 Å². The molecule has 0 amide bonds. The summed E-state index contributed by atoms with van der Waals surface area (Å²) >= 11 is 0. The number of aromatic nitrogens is 2. The highest BCUT2D eigenvalue weighted by molar-refractivity contribution is 5.55. The molecule has 1 fully saturated rings. The summed E-state index contributed by atoms with van der Waals surface area (Å²) in [6, 6.07) is 5.63. The molecule has 2 aromatic rings. The summed E-state index contributed by atoms with van der Waals surface area (Å²) in [6.07, 6.45) is 21.3. The molecular weight excluding hydrogens is 383 g/mol. The van der Waals surface area contributed by atoms with Crippen LogP contribution in [0.4, 0.5) is 4.39 Å². The van der Waals surface area contributed by atoms with Crippen LogP contribution in [-0.2, 0) is 6.42 Å². The molecule has 0 radical (unpaired) electrons. The molecule has 31 heavy (non-hydrogen) atoms. The third kappa shape index (κ3) is 7.40. The fourth-order valence-electron chi connectivity index (χ4n) is 5.01. The van der Waals surface area contributed by atoms with Crippen LogP contribution in [0, 0.1) is 11.7 Å². The third-order valence-electron chi connectivity index (χ3n) is 7.04. The Bertz CT molecular complexity index is 763. The molecule has 0 bridgehead atoms. The minimum Gasteiger partial charge on any atom is -0.236 e. The molecule has 0 atom stereocenters. The quantitative estimate of drug-likeness (QED) is 0.319. The van der Waals surface area contributed by atoms with E-state index in [9.17, 15) is 4.39 Å². The molecular formula is C28H41FN2. The van der Waals surface area contributed by atoms with E-state index >= 15 is 0 Å². The summed E-state index contributed by atoms with van der Waals surface area (Å²) in [6.45, 7) is 4.49. The number of unbranched alkanes of at least 4 members (excludes halogenated alkanes) is 6. The largest absolute Gasteiger partial charge is 0.236 e. The van der Waals surface area contributed by atoms with Crippen LogP contribution in [0.2, 0.25) is 0 Å². The van der Waals surface area contributed by atoms with Gasteiger partial charge >= 0.3 is 0 Å². The number of halogens is 1. The van der Waals surface area contributed by atoms with Crippen molar-refractivity contribution >= 4 is 0 Å². The number of benzene rings is 1. The molecule has 0 spiro atoms. The van der Waals surface area contributed by atoms with Gasteiger partial charge in [0.2, 0.25) is 0 Å². The van der Waals surface area contributed by atoms with Gasteiger partial charge in [-0.15, -0.1) is 0 Å². The van der Waals surface area contributed by atoms with E-state index in [1.807, 2.05) is 24.5 Å². The highest BCUT2D eigenvalue weighted by Crippen LogP contribution is 2.39. The molecule has 2 nitrogen and oxygen atoms in total. The van der Waals surface area contributed by atoms with E-state index in [0.717, 1.165) is 36.3 Å². The van der Waals surface area contributed by atoms with Crippen LogP contribution in [0.3, 0.4) is 0 Å². The van der Waals surface area contributed by atoms with Crippen molar-refractivity contribution in [3.8, 4) is 11.4 Å². The van der Waals surface area contributed by atoms with E-state index in [-0.39, 0.29) is 5.82 Å². The van der Waals surface area contributed by atoms with Gasteiger partial charge in [0, 0.05) is 18.0 Å². The first-order chi connectivity index (χ1) is 15.2. The summed E-state index contributed by atoms with van der Waals surface area (Å²) in [4.78, 5) is 9.01. The summed E-state index contributed by atoms with van der Waals surface area (Å²) in [5.41, 5.74) is 2.84. The normalized spacial score (nSPS) is 18.9. The average Bonchev–Trinajstić information content (AvgIpc) is 2.80. The van der Waals surface area contributed by atoms with Gasteiger partial charge in [-0.3, -0.25) is 0 Å². The Balaban J connectivity index is 1.52. The van der Waals surface area contributed by atoms with Crippen molar-refractivity contribution in [1.29, 1.82) is 0 Å². The topological polar surface area (TPSA) is 25.8 Å². The summed E-state index contributed by atoms with van der Waals surface area (Å²) in [5, 5.41) is 0. The predicted octanol–water partition coefficient (Wildman–Crippen LogP) is 8.65. The van der Waals surface area contributed by atoms with Crippen molar-refractivity contribution in [3.63, 3.8) is 0 Å². The Hall–Kier alpha value is -1.77. The zero-order valence-corrected chi connectivity index (χ0v) is 19.7. The fraction of sp³-hybridized carbons (Fsp3) is 0.643. The number of aryl methyl sites for hydroxylation is 1. The summed E-state index contributed by atoms with van der Waals surface area (Å²) < 4.78 is 15.0. The van der Waals surface area contributed by atoms with E-state index in [1.54, 1.807) is 6.07 Å². The van der Waals surface area contributed by atoms with Crippen LogP contribution in [0.5, 0.6) is 0 Å². The Morgan fingerprint density at radius 2 is 1.52 bits per heavy atom. The number of hydrogen-bond acceptors (Lipinski definition) is 2. The number of nitrogens with zero attached hydrogens (tertiary/aromatic N) is 2. The van der Waals surface area contributed by atoms with Crippen LogP contribution >= 0.6 is 0 Å². The first-order valence-electron chi connectivity index (χ1n) is 12.8. The predicted molar refractivity (Wildman–Crippen MR) is 129 cm³/mol. The van der Waals surface area contributed by atoms with Crippen LogP contribution in [0.1, 0.15) is 114 Å². The van der Waals surface area contributed by atoms with Gasteiger partial charge in [0.15, 0.2) is 5.82 Å². The SMILES string of the molecule is CCCCCCc1cnc(-c2ccc(C3CCC(CCCCCC)CC3)c(F)c2)nc1. The maximum Gasteiger partial charge on any atom is 0.159 e. The van der Waals surface area contributed by atoms with Crippen molar-refractivity contribution in [2.24, 2.45) is 5.92 Å². The van der Waals surface area contributed by atoms with E-state index in [4.69, 9.17) is 0 Å². The lowest BCUT2D eigenvalue weighted by Crippen LogP contribution is -2.14. The van der Waals surface area contributed by atoms with Gasteiger partial charge in [-0.25, -0.2) is 14.4 Å². The molecule has 3 heteroatoms. The summed E-state index contributed by atoms with van der Waals surface area (Å²) in [7, 11) is 0. The third-order valence-corrected chi connectivity index (χ3v) is 7.04. The smallest absolute Gasteiger partial charge is 0.159 e. The number of hydrogen-bond donors (Lipinski definition) is 0. The standard InChI is InChI=1S/C28H41FN2/c1-3-5-7-9-11-22-13-15-24(16-14-22)26-18-17-25(19-27(26)29)28-30-20-23(21-31-28)12-10-8-6-4-2/h17-22,24H,3-16H2,1-2H3. The van der Waals surface area contributed by atoms with Crippen molar-refractivity contribution in [2.75, 3.05) is 0 Å². The van der Waals surface area contributed by atoms with Crippen LogP contribution in [0.15, 0.2) is 30.6 Å². The maximum absolute atomic E-state index is 15.0. The Kier molecular flexibility index (Phi) is 9.96. The van der Waals surface area contributed by atoms with Gasteiger partial charge in [-0.1, -0.05) is 77.3 Å². The van der Waals surface area contributed by atoms with E-state index in [0.29, 0.717) is 11.7 Å². The molecule has 1 aliphatic rings. The van der Waals surface area contributed by atoms with Crippen molar-refractivity contribution in [1.82, 2.24) is 9.97 Å². The van der Waals surface area contributed by atoms with Gasteiger partial charge < -0.3 is 0 Å². The van der Waals surface area contributed by atoms with Gasteiger partial charge in [0.25, 0.3) is 0 Å². The van der Waals surface area contributed by atoms with Crippen molar-refractivity contribution in [2.45, 2.75) is 110 Å². The Morgan fingerprint density at radius 3 is 2.16 bits per heavy atom. The Labute approximate surface area is 189 Å². The molecule has 1 heterocycles. The van der Waals surface area contributed by atoms with Gasteiger partial charge in [-0.05, 0) is 67.6 Å². The highest BCUT2D eigenvalue weighted by atomic mass is 19.1. The minimum absolute atomic E-state index is 0.0869. The maximum atomic E-state index is 15.0. The molecule has 0 N–H and O–H groups in total. The highest BCUT2D eigenvalue weighted by Gasteiger charge is 2.24. The molecule has 170 valence electrons. The lowest BCUT2D eigenvalue weighted by molar-refractivity contribution is 0.298. The lowest BCUT2D eigenvalue weighted by Gasteiger charge is -2.29. The fourth-order valence-corrected chi connectivity index (χ4v) is 5.01. The van der Waals surface area contributed by atoms with E-state index in [1.165, 1.54) is 76.2 Å². The number of rotatable bonds is 12. The molecule has 1 saturated carbocycles. The molecule has 1 aromatic heterocycles. The van der Waals surface area contributed by atoms with Crippen molar-refractivity contribution in [3.05, 3.63) is 47.5 Å².